The average molecular weight is 269 g/mol. The lowest BCUT2D eigenvalue weighted by Crippen LogP contribution is -2.32. The fourth-order valence-electron chi connectivity index (χ4n) is 2.53. The summed E-state index contributed by atoms with van der Waals surface area (Å²) in [5.74, 6) is 0.470. The molecule has 3 rings (SSSR count). The van der Waals surface area contributed by atoms with Crippen LogP contribution < -0.4 is 5.32 Å². The van der Waals surface area contributed by atoms with Gasteiger partial charge in [-0.3, -0.25) is 9.59 Å². The van der Waals surface area contributed by atoms with Crippen molar-refractivity contribution in [3.63, 3.8) is 0 Å². The first-order valence-corrected chi connectivity index (χ1v) is 6.73. The molecule has 2 aromatic rings. The number of hydrogen-bond acceptors (Lipinski definition) is 3. The Balaban J connectivity index is 2.01. The van der Waals surface area contributed by atoms with E-state index in [4.69, 9.17) is 4.42 Å². The number of rotatable bonds is 3. The van der Waals surface area contributed by atoms with Crippen molar-refractivity contribution >= 4 is 11.7 Å². The monoisotopic (exact) mass is 269 g/mol. The van der Waals surface area contributed by atoms with Crippen molar-refractivity contribution in [2.24, 2.45) is 0 Å². The molecule has 102 valence electrons. The van der Waals surface area contributed by atoms with Gasteiger partial charge in [-0.05, 0) is 24.1 Å². The van der Waals surface area contributed by atoms with E-state index in [1.807, 2.05) is 13.0 Å². The lowest BCUT2D eigenvalue weighted by Gasteiger charge is -2.16. The molecular weight excluding hydrogens is 254 g/mol. The van der Waals surface area contributed by atoms with Crippen LogP contribution in [0.15, 0.2) is 34.9 Å². The first-order valence-electron chi connectivity index (χ1n) is 6.73. The van der Waals surface area contributed by atoms with Crippen LogP contribution >= 0.6 is 0 Å². The minimum Gasteiger partial charge on any atom is -0.469 e. The standard InChI is InChI=1S/C16H15NO3/c1-2-14-12(6-8-20-14)15(18)11-4-3-10-5-7-17-16(19)13(10)9-11/h3-4,6,8-9H,2,5,7H2,1H3,(H,17,19). The van der Waals surface area contributed by atoms with E-state index in [9.17, 15) is 9.59 Å². The zero-order valence-corrected chi connectivity index (χ0v) is 11.2. The third-order valence-electron chi connectivity index (χ3n) is 3.61. The summed E-state index contributed by atoms with van der Waals surface area (Å²) in [7, 11) is 0. The number of fused-ring (bicyclic) bond motifs is 1. The van der Waals surface area contributed by atoms with Crippen molar-refractivity contribution in [1.82, 2.24) is 5.32 Å². The Labute approximate surface area is 116 Å². The number of benzene rings is 1. The molecule has 0 saturated carbocycles. The van der Waals surface area contributed by atoms with E-state index in [1.165, 1.54) is 6.26 Å². The van der Waals surface area contributed by atoms with Crippen LogP contribution in [0.25, 0.3) is 0 Å². The first-order chi connectivity index (χ1) is 9.70. The summed E-state index contributed by atoms with van der Waals surface area (Å²) in [6, 6.07) is 7.01. The van der Waals surface area contributed by atoms with Gasteiger partial charge in [-0.1, -0.05) is 19.1 Å². The van der Waals surface area contributed by atoms with Gasteiger partial charge < -0.3 is 9.73 Å². The van der Waals surface area contributed by atoms with Crippen LogP contribution in [-0.2, 0) is 12.8 Å². The molecule has 1 aromatic heterocycles. The highest BCUT2D eigenvalue weighted by molar-refractivity contribution is 6.11. The number of hydrogen-bond donors (Lipinski definition) is 1. The molecule has 0 spiro atoms. The van der Waals surface area contributed by atoms with Gasteiger partial charge in [-0.2, -0.15) is 0 Å². The van der Waals surface area contributed by atoms with E-state index in [0.717, 1.165) is 12.0 Å². The Hall–Kier alpha value is -2.36. The van der Waals surface area contributed by atoms with Crippen LogP contribution in [0.2, 0.25) is 0 Å². The first kappa shape index (κ1) is 12.7. The molecule has 4 nitrogen and oxygen atoms in total. The van der Waals surface area contributed by atoms with Crippen molar-refractivity contribution < 1.29 is 14.0 Å². The maximum absolute atomic E-state index is 12.5. The number of carbonyl (C=O) groups excluding carboxylic acids is 2. The Bertz CT molecular complexity index is 685. The third kappa shape index (κ3) is 2.03. The molecule has 0 saturated heterocycles. The molecule has 1 aromatic carbocycles. The minimum absolute atomic E-state index is 0.100. The van der Waals surface area contributed by atoms with Crippen molar-refractivity contribution in [3.05, 3.63) is 58.5 Å². The normalized spacial score (nSPS) is 13.8. The molecule has 0 unspecified atom stereocenters. The largest absolute Gasteiger partial charge is 0.469 e. The Morgan fingerprint density at radius 3 is 3.00 bits per heavy atom. The van der Waals surface area contributed by atoms with E-state index in [-0.39, 0.29) is 11.7 Å². The summed E-state index contributed by atoms with van der Waals surface area (Å²) in [5.41, 5.74) is 2.69. The van der Waals surface area contributed by atoms with Gasteiger partial charge in [-0.15, -0.1) is 0 Å². The Morgan fingerprint density at radius 2 is 2.20 bits per heavy atom. The molecule has 1 aliphatic rings. The quantitative estimate of drug-likeness (QED) is 0.870. The number of ketones is 1. The van der Waals surface area contributed by atoms with Gasteiger partial charge >= 0.3 is 0 Å². The molecule has 0 atom stereocenters. The minimum atomic E-state index is -0.108. The van der Waals surface area contributed by atoms with Crippen LogP contribution in [-0.4, -0.2) is 18.2 Å². The second kappa shape index (κ2) is 4.96. The molecule has 4 heteroatoms. The molecule has 20 heavy (non-hydrogen) atoms. The highest BCUT2D eigenvalue weighted by Crippen LogP contribution is 2.20. The molecule has 2 heterocycles. The van der Waals surface area contributed by atoms with Crippen LogP contribution in [0.3, 0.4) is 0 Å². The summed E-state index contributed by atoms with van der Waals surface area (Å²) >= 11 is 0. The number of amides is 1. The summed E-state index contributed by atoms with van der Waals surface area (Å²) in [6.07, 6.45) is 3.00. The Morgan fingerprint density at radius 1 is 1.35 bits per heavy atom. The van der Waals surface area contributed by atoms with E-state index in [1.54, 1.807) is 18.2 Å². The SMILES string of the molecule is CCc1occc1C(=O)c1ccc2c(c1)C(=O)NCC2. The number of aryl methyl sites for hydroxylation is 1. The van der Waals surface area contributed by atoms with E-state index >= 15 is 0 Å². The van der Waals surface area contributed by atoms with E-state index in [0.29, 0.717) is 35.4 Å². The van der Waals surface area contributed by atoms with Crippen molar-refractivity contribution in [3.8, 4) is 0 Å². The van der Waals surface area contributed by atoms with Crippen LogP contribution in [0.4, 0.5) is 0 Å². The van der Waals surface area contributed by atoms with E-state index in [2.05, 4.69) is 5.32 Å². The summed E-state index contributed by atoms with van der Waals surface area (Å²) < 4.78 is 5.29. The van der Waals surface area contributed by atoms with Gasteiger partial charge in [0.05, 0.1) is 11.8 Å². The van der Waals surface area contributed by atoms with Gasteiger partial charge in [0.1, 0.15) is 5.76 Å². The van der Waals surface area contributed by atoms with Crippen molar-refractivity contribution in [1.29, 1.82) is 0 Å². The second-order valence-electron chi connectivity index (χ2n) is 4.82. The summed E-state index contributed by atoms with van der Waals surface area (Å²) in [5, 5.41) is 2.79. The van der Waals surface area contributed by atoms with Crippen LogP contribution in [0.5, 0.6) is 0 Å². The number of nitrogens with one attached hydrogen (secondary N) is 1. The number of carbonyl (C=O) groups is 2. The Kier molecular flexibility index (Phi) is 3.14. The van der Waals surface area contributed by atoms with Gasteiger partial charge in [0.15, 0.2) is 5.78 Å². The molecule has 1 aliphatic heterocycles. The highest BCUT2D eigenvalue weighted by Gasteiger charge is 2.21. The summed E-state index contributed by atoms with van der Waals surface area (Å²) in [4.78, 5) is 24.3. The van der Waals surface area contributed by atoms with Crippen LogP contribution in [0.1, 0.15) is 44.5 Å². The lowest BCUT2D eigenvalue weighted by molar-refractivity contribution is 0.0946. The van der Waals surface area contributed by atoms with Crippen molar-refractivity contribution in [2.75, 3.05) is 6.54 Å². The molecular formula is C16H15NO3. The zero-order valence-electron chi connectivity index (χ0n) is 11.2. The zero-order chi connectivity index (χ0) is 14.1. The van der Waals surface area contributed by atoms with Gasteiger partial charge in [0.2, 0.25) is 0 Å². The second-order valence-corrected chi connectivity index (χ2v) is 4.82. The molecule has 1 amide bonds. The smallest absolute Gasteiger partial charge is 0.251 e. The molecule has 0 radical (unpaired) electrons. The molecule has 1 N–H and O–H groups in total. The van der Waals surface area contributed by atoms with Gasteiger partial charge in [0.25, 0.3) is 5.91 Å². The maximum atomic E-state index is 12.5. The van der Waals surface area contributed by atoms with Crippen molar-refractivity contribution in [2.45, 2.75) is 19.8 Å². The lowest BCUT2D eigenvalue weighted by atomic mass is 9.94. The fraction of sp³-hybridized carbons (Fsp3) is 0.250. The molecule has 0 fully saturated rings. The fourth-order valence-corrected chi connectivity index (χ4v) is 2.53. The molecule has 0 aliphatic carbocycles. The van der Waals surface area contributed by atoms with E-state index < -0.39 is 0 Å². The van der Waals surface area contributed by atoms with Crippen LogP contribution in [0, 0.1) is 0 Å². The number of furan rings is 1. The predicted molar refractivity (Wildman–Crippen MR) is 74.0 cm³/mol. The highest BCUT2D eigenvalue weighted by atomic mass is 16.3. The third-order valence-corrected chi connectivity index (χ3v) is 3.61. The summed E-state index contributed by atoms with van der Waals surface area (Å²) in [6.45, 7) is 2.59. The predicted octanol–water partition coefficient (Wildman–Crippen LogP) is 2.36. The molecule has 0 bridgehead atoms. The van der Waals surface area contributed by atoms with Gasteiger partial charge in [0, 0.05) is 24.1 Å². The maximum Gasteiger partial charge on any atom is 0.251 e. The van der Waals surface area contributed by atoms with Gasteiger partial charge in [-0.25, -0.2) is 0 Å². The topological polar surface area (TPSA) is 59.3 Å². The average Bonchev–Trinajstić information content (AvgIpc) is 2.95.